The lowest BCUT2D eigenvalue weighted by atomic mass is 10.0. The van der Waals surface area contributed by atoms with Crippen molar-refractivity contribution in [2.24, 2.45) is 11.8 Å². The molecule has 6 heteroatoms. The van der Waals surface area contributed by atoms with Gasteiger partial charge in [-0.3, -0.25) is 9.59 Å². The molecule has 0 aromatic carbocycles. The predicted molar refractivity (Wildman–Crippen MR) is 66.2 cm³/mol. The maximum Gasteiger partial charge on any atom is 0.311 e. The third-order valence-corrected chi connectivity index (χ3v) is 3.33. The van der Waals surface area contributed by atoms with Crippen LogP contribution in [-0.2, 0) is 14.3 Å². The number of amides is 1. The molecule has 0 aromatic heterocycles. The van der Waals surface area contributed by atoms with Gasteiger partial charge in [-0.1, -0.05) is 13.8 Å². The van der Waals surface area contributed by atoms with Crippen LogP contribution in [0.25, 0.3) is 0 Å². The summed E-state index contributed by atoms with van der Waals surface area (Å²) in [5.74, 6) is -1.73. The van der Waals surface area contributed by atoms with Gasteiger partial charge in [-0.15, -0.1) is 0 Å². The minimum absolute atomic E-state index is 0.0438. The molecule has 1 aliphatic heterocycles. The second kappa shape index (κ2) is 6.70. The number of ether oxygens (including phenoxy) is 1. The van der Waals surface area contributed by atoms with E-state index in [1.165, 1.54) is 4.90 Å². The smallest absolute Gasteiger partial charge is 0.311 e. The van der Waals surface area contributed by atoms with Crippen molar-refractivity contribution in [3.8, 4) is 0 Å². The van der Waals surface area contributed by atoms with Crippen LogP contribution in [0.5, 0.6) is 0 Å². The maximum atomic E-state index is 12.1. The molecule has 1 rings (SSSR count). The lowest BCUT2D eigenvalue weighted by Gasteiger charge is -2.28. The summed E-state index contributed by atoms with van der Waals surface area (Å²) in [7, 11) is 1.65. The minimum Gasteiger partial charge on any atom is -0.481 e. The van der Waals surface area contributed by atoms with Gasteiger partial charge in [0.05, 0.1) is 19.3 Å². The zero-order chi connectivity index (χ0) is 13.7. The average Bonchev–Trinajstić information content (AvgIpc) is 2.83. The predicted octanol–water partition coefficient (Wildman–Crippen LogP) is -0.210. The molecule has 0 aromatic rings. The van der Waals surface area contributed by atoms with Gasteiger partial charge in [0.15, 0.2) is 0 Å². The SMILES string of the molecule is CCNCC(C)C(=O)N(C)C1COCC1C(=O)O. The van der Waals surface area contributed by atoms with Crippen LogP contribution in [-0.4, -0.2) is 61.3 Å². The number of carbonyl (C=O) groups excluding carboxylic acids is 1. The number of likely N-dealkylation sites (N-methyl/N-ethyl adjacent to an activating group) is 1. The molecule has 0 bridgehead atoms. The fourth-order valence-corrected chi connectivity index (χ4v) is 2.12. The number of aliphatic carboxylic acids is 1. The monoisotopic (exact) mass is 258 g/mol. The van der Waals surface area contributed by atoms with Crippen molar-refractivity contribution in [1.82, 2.24) is 10.2 Å². The van der Waals surface area contributed by atoms with E-state index in [1.54, 1.807) is 7.05 Å². The minimum atomic E-state index is -0.906. The summed E-state index contributed by atoms with van der Waals surface area (Å²) in [5, 5.41) is 12.2. The summed E-state index contributed by atoms with van der Waals surface area (Å²) in [6, 6.07) is -0.362. The zero-order valence-corrected chi connectivity index (χ0v) is 11.2. The number of carbonyl (C=O) groups is 2. The third kappa shape index (κ3) is 3.43. The molecule has 0 radical (unpaired) electrons. The van der Waals surface area contributed by atoms with Gasteiger partial charge >= 0.3 is 5.97 Å². The summed E-state index contributed by atoms with van der Waals surface area (Å²) in [6.45, 7) is 5.71. The summed E-state index contributed by atoms with van der Waals surface area (Å²) < 4.78 is 5.17. The van der Waals surface area contributed by atoms with Crippen LogP contribution in [0, 0.1) is 11.8 Å². The van der Waals surface area contributed by atoms with E-state index in [1.807, 2.05) is 13.8 Å². The molecule has 18 heavy (non-hydrogen) atoms. The molecule has 1 amide bonds. The molecule has 3 unspecified atom stereocenters. The van der Waals surface area contributed by atoms with Crippen molar-refractivity contribution >= 4 is 11.9 Å². The Morgan fingerprint density at radius 2 is 2.17 bits per heavy atom. The molecule has 104 valence electrons. The number of carboxylic acids is 1. The molecule has 1 saturated heterocycles. The van der Waals surface area contributed by atoms with E-state index in [9.17, 15) is 9.59 Å². The first kappa shape index (κ1) is 14.9. The van der Waals surface area contributed by atoms with Gasteiger partial charge in [0.25, 0.3) is 0 Å². The first-order chi connectivity index (χ1) is 8.49. The van der Waals surface area contributed by atoms with E-state index in [0.717, 1.165) is 6.54 Å². The Morgan fingerprint density at radius 3 is 2.72 bits per heavy atom. The van der Waals surface area contributed by atoms with Gasteiger partial charge in [-0.05, 0) is 6.54 Å². The van der Waals surface area contributed by atoms with Gasteiger partial charge in [0.1, 0.15) is 5.92 Å². The van der Waals surface area contributed by atoms with Crippen molar-refractivity contribution in [3.63, 3.8) is 0 Å². The second-order valence-electron chi connectivity index (χ2n) is 4.71. The topological polar surface area (TPSA) is 78.9 Å². The highest BCUT2D eigenvalue weighted by Crippen LogP contribution is 2.20. The van der Waals surface area contributed by atoms with Crippen LogP contribution in [0.3, 0.4) is 0 Å². The lowest BCUT2D eigenvalue weighted by Crippen LogP contribution is -2.47. The highest BCUT2D eigenvalue weighted by Gasteiger charge is 2.39. The molecule has 0 spiro atoms. The van der Waals surface area contributed by atoms with Crippen molar-refractivity contribution in [2.75, 3.05) is 33.4 Å². The molecule has 3 atom stereocenters. The van der Waals surface area contributed by atoms with E-state index in [2.05, 4.69) is 5.32 Å². The molecular formula is C12H22N2O4. The van der Waals surface area contributed by atoms with E-state index >= 15 is 0 Å². The van der Waals surface area contributed by atoms with Crippen molar-refractivity contribution in [1.29, 1.82) is 0 Å². The maximum absolute atomic E-state index is 12.1. The Hall–Kier alpha value is -1.14. The first-order valence-electron chi connectivity index (χ1n) is 6.27. The Bertz CT molecular complexity index is 308. The van der Waals surface area contributed by atoms with Crippen LogP contribution in [0.4, 0.5) is 0 Å². The molecule has 1 aliphatic rings. The van der Waals surface area contributed by atoms with E-state index in [0.29, 0.717) is 13.2 Å². The zero-order valence-electron chi connectivity index (χ0n) is 11.2. The van der Waals surface area contributed by atoms with E-state index in [-0.39, 0.29) is 24.5 Å². The normalized spacial score (nSPS) is 24.8. The highest BCUT2D eigenvalue weighted by atomic mass is 16.5. The highest BCUT2D eigenvalue weighted by molar-refractivity contribution is 5.80. The largest absolute Gasteiger partial charge is 0.481 e. The summed E-state index contributed by atoms with van der Waals surface area (Å²) in [4.78, 5) is 24.7. The molecule has 1 heterocycles. The fourth-order valence-electron chi connectivity index (χ4n) is 2.12. The van der Waals surface area contributed by atoms with Crippen molar-refractivity contribution < 1.29 is 19.4 Å². The fraction of sp³-hybridized carbons (Fsp3) is 0.833. The molecular weight excluding hydrogens is 236 g/mol. The number of nitrogens with zero attached hydrogens (tertiary/aromatic N) is 1. The third-order valence-electron chi connectivity index (χ3n) is 3.33. The van der Waals surface area contributed by atoms with Gasteiger partial charge in [-0.25, -0.2) is 0 Å². The van der Waals surface area contributed by atoms with E-state index in [4.69, 9.17) is 9.84 Å². The molecule has 0 aliphatic carbocycles. The lowest BCUT2D eigenvalue weighted by molar-refractivity contribution is -0.145. The number of hydrogen-bond donors (Lipinski definition) is 2. The Labute approximate surface area is 107 Å². The summed E-state index contributed by atoms with van der Waals surface area (Å²) >= 11 is 0. The molecule has 0 saturated carbocycles. The average molecular weight is 258 g/mol. The molecule has 6 nitrogen and oxygen atoms in total. The summed E-state index contributed by atoms with van der Waals surface area (Å²) in [6.07, 6.45) is 0. The summed E-state index contributed by atoms with van der Waals surface area (Å²) in [5.41, 5.74) is 0. The van der Waals surface area contributed by atoms with Gasteiger partial charge in [0, 0.05) is 19.5 Å². The number of hydrogen-bond acceptors (Lipinski definition) is 4. The molecule has 2 N–H and O–H groups in total. The first-order valence-corrected chi connectivity index (χ1v) is 6.27. The van der Waals surface area contributed by atoms with Crippen molar-refractivity contribution in [3.05, 3.63) is 0 Å². The number of nitrogens with one attached hydrogen (secondary N) is 1. The van der Waals surface area contributed by atoms with Crippen molar-refractivity contribution in [2.45, 2.75) is 19.9 Å². The van der Waals surface area contributed by atoms with Gasteiger partial charge in [-0.2, -0.15) is 0 Å². The quantitative estimate of drug-likeness (QED) is 0.689. The van der Waals surface area contributed by atoms with Crippen LogP contribution in [0.15, 0.2) is 0 Å². The van der Waals surface area contributed by atoms with Crippen LogP contribution < -0.4 is 5.32 Å². The second-order valence-corrected chi connectivity index (χ2v) is 4.71. The van der Waals surface area contributed by atoms with Crippen LogP contribution >= 0.6 is 0 Å². The van der Waals surface area contributed by atoms with Gasteiger partial charge < -0.3 is 20.1 Å². The Kier molecular flexibility index (Phi) is 5.55. The van der Waals surface area contributed by atoms with Crippen LogP contribution in [0.2, 0.25) is 0 Å². The Morgan fingerprint density at radius 1 is 1.50 bits per heavy atom. The van der Waals surface area contributed by atoms with Gasteiger partial charge in [0.2, 0.25) is 5.91 Å². The number of rotatable bonds is 6. The number of carboxylic acid groups (broad SMARTS) is 1. The standard InChI is InChI=1S/C12H22N2O4/c1-4-13-5-8(2)11(15)14(3)10-7-18-6-9(10)12(16)17/h8-10,13H,4-7H2,1-3H3,(H,16,17). The van der Waals surface area contributed by atoms with E-state index < -0.39 is 11.9 Å². The molecule has 1 fully saturated rings. The van der Waals surface area contributed by atoms with Crippen LogP contribution in [0.1, 0.15) is 13.8 Å². The Balaban J connectivity index is 2.59.